The number of fused-ring (bicyclic) bond motifs is 2. The number of anilines is 2. The SMILES string of the molecule is Cc1cc(-c2ccc(N=Nc3c(N)c(C)cc(N=Nc4cc5c([O-])c(N=Nc6ccc(S(=O)(=O)[O-])c7ccccc67)c(S(=O)(=O)O)cc5cc4S(=O)(=O)O)c3N)c(C)c2)ccc1N=Nc1ccc([O-])c(C(=O)[O-])c1.[Na+].[Na+].[Na+].[Na+]. The van der Waals surface area contributed by atoms with Crippen molar-refractivity contribution in [1.29, 1.82) is 0 Å². The molecular formula is C48H34N10Na4O13S3. The van der Waals surface area contributed by atoms with Gasteiger partial charge in [-0.1, -0.05) is 54.0 Å². The number of azo groups is 4. The molecule has 0 bridgehead atoms. The van der Waals surface area contributed by atoms with Crippen LogP contribution in [-0.2, 0) is 30.4 Å². The number of nitrogen functional groups attached to an aromatic ring is 2. The molecule has 0 spiro atoms. The maximum Gasteiger partial charge on any atom is 1.00 e. The van der Waals surface area contributed by atoms with Gasteiger partial charge < -0.3 is 36.1 Å². The van der Waals surface area contributed by atoms with Gasteiger partial charge in [0, 0.05) is 10.8 Å². The summed E-state index contributed by atoms with van der Waals surface area (Å²) in [5, 5.41) is 69.0. The number of hydrogen-bond acceptors (Lipinski definition) is 21. The van der Waals surface area contributed by atoms with Crippen LogP contribution in [0.15, 0.2) is 171 Å². The molecule has 0 amide bonds. The fraction of sp³-hybridized carbons (Fsp3) is 0.0625. The van der Waals surface area contributed by atoms with Crippen LogP contribution < -0.4 is 145 Å². The van der Waals surface area contributed by atoms with Gasteiger partial charge in [-0.15, -0.1) is 25.6 Å². The molecule has 0 aliphatic heterocycles. The van der Waals surface area contributed by atoms with Gasteiger partial charge >= 0.3 is 118 Å². The van der Waals surface area contributed by atoms with E-state index >= 15 is 0 Å². The number of aryl methyl sites for hydroxylation is 3. The number of hydrogen-bond donors (Lipinski definition) is 4. The van der Waals surface area contributed by atoms with Gasteiger partial charge in [0.15, 0.2) is 0 Å². The molecule has 23 nitrogen and oxygen atoms in total. The van der Waals surface area contributed by atoms with E-state index in [1.165, 1.54) is 36.4 Å². The zero-order valence-corrected chi connectivity index (χ0v) is 52.8. The van der Waals surface area contributed by atoms with Crippen LogP contribution in [0.2, 0.25) is 0 Å². The molecule has 0 aliphatic rings. The second-order valence-electron chi connectivity index (χ2n) is 16.3. The average molecular weight is 1150 g/mol. The molecular weight excluding hydrogens is 1110 g/mol. The van der Waals surface area contributed by atoms with Crippen molar-refractivity contribution >= 4 is 115 Å². The summed E-state index contributed by atoms with van der Waals surface area (Å²) in [4.78, 5) is 8.61. The van der Waals surface area contributed by atoms with E-state index in [2.05, 4.69) is 40.9 Å². The molecule has 0 saturated carbocycles. The topological polar surface area (TPSA) is 403 Å². The van der Waals surface area contributed by atoms with Crippen molar-refractivity contribution in [3.63, 3.8) is 0 Å². The number of nitrogens with zero attached hydrogens (tertiary/aromatic N) is 8. The van der Waals surface area contributed by atoms with Gasteiger partial charge in [0.1, 0.15) is 37.0 Å². The fourth-order valence-corrected chi connectivity index (χ4v) is 9.53. The van der Waals surface area contributed by atoms with E-state index in [0.29, 0.717) is 28.6 Å². The summed E-state index contributed by atoms with van der Waals surface area (Å²) in [6, 6.07) is 25.6. The molecule has 8 rings (SSSR count). The Balaban J connectivity index is 0.00000328. The Morgan fingerprint density at radius 3 is 1.56 bits per heavy atom. The number of carbonyl (C=O) groups excluding carboxylic acids is 1. The van der Waals surface area contributed by atoms with Gasteiger partial charge in [-0.3, -0.25) is 9.11 Å². The van der Waals surface area contributed by atoms with Crippen LogP contribution in [0.4, 0.5) is 56.9 Å². The summed E-state index contributed by atoms with van der Waals surface area (Å²) in [5.41, 5.74) is 14.9. The monoisotopic (exact) mass is 1150 g/mol. The normalized spacial score (nSPS) is 12.0. The van der Waals surface area contributed by atoms with E-state index in [4.69, 9.17) is 11.5 Å². The number of carboxylic acids is 1. The number of rotatable bonds is 13. The molecule has 0 saturated heterocycles. The second kappa shape index (κ2) is 26.1. The zero-order valence-electron chi connectivity index (χ0n) is 42.3. The first-order chi connectivity index (χ1) is 34.8. The summed E-state index contributed by atoms with van der Waals surface area (Å²) >= 11 is 0. The summed E-state index contributed by atoms with van der Waals surface area (Å²) in [6.07, 6.45) is 0. The number of carboxylic acid groups (broad SMARTS) is 1. The van der Waals surface area contributed by atoms with Crippen LogP contribution in [0.25, 0.3) is 32.7 Å². The van der Waals surface area contributed by atoms with E-state index in [0.717, 1.165) is 53.1 Å². The molecule has 0 aromatic heterocycles. The number of aromatic carboxylic acids is 1. The standard InChI is InChI=1S/C48H38N10O13S3.4Na/c1-23-16-26(8-11-34(23)52-51-29-10-14-39(59)33(21-29)48(61)62)27-9-12-35(24(2)17-27)53-58-46-43(49)25(3)18-38(44(46)50)56-55-37-22-32-28(19-41(37)73(66,67)68)20-42(74(69,70)71)45(47(32)60)57-54-36-13-15-40(72(63,64)65)31-7-5-4-6-30(31)36;;;;/h4-22,59-60H,49-50H2,1-3H3,(H,61,62)(H,63,64,65)(H,66,67,68)(H,69,70,71);;;;/q;4*+1/p-4. The smallest absolute Gasteiger partial charge is 0.872 e. The predicted molar refractivity (Wildman–Crippen MR) is 263 cm³/mol. The third-order valence-corrected chi connectivity index (χ3v) is 14.0. The fourth-order valence-electron chi connectivity index (χ4n) is 7.55. The van der Waals surface area contributed by atoms with Crippen molar-refractivity contribution in [1.82, 2.24) is 0 Å². The Morgan fingerprint density at radius 2 is 1.00 bits per heavy atom. The Bertz CT molecular complexity index is 4210. The van der Waals surface area contributed by atoms with Gasteiger partial charge in [0.2, 0.25) is 0 Å². The first-order valence-corrected chi connectivity index (χ1v) is 25.4. The largest absolute Gasteiger partial charge is 1.00 e. The average Bonchev–Trinajstić information content (AvgIpc) is 3.33. The third kappa shape index (κ3) is 14.3. The van der Waals surface area contributed by atoms with Gasteiger partial charge in [-0.25, -0.2) is 8.42 Å². The number of carbonyl (C=O) groups is 1. The molecule has 30 heteroatoms. The maximum absolute atomic E-state index is 14.0. The van der Waals surface area contributed by atoms with Crippen molar-refractivity contribution in [3.8, 4) is 22.6 Å². The number of benzene rings is 8. The first kappa shape index (κ1) is 65.6. The molecule has 376 valence electrons. The Morgan fingerprint density at radius 1 is 0.487 bits per heavy atom. The summed E-state index contributed by atoms with van der Waals surface area (Å²) < 4.78 is 107. The minimum absolute atomic E-state index is 0. The quantitative estimate of drug-likeness (QED) is 0.0396. The molecule has 0 atom stereocenters. The van der Waals surface area contributed by atoms with Gasteiger partial charge in [-0.2, -0.15) is 32.2 Å². The van der Waals surface area contributed by atoms with Crippen LogP contribution >= 0.6 is 0 Å². The maximum atomic E-state index is 14.0. The third-order valence-electron chi connectivity index (χ3n) is 11.3. The van der Waals surface area contributed by atoms with Crippen LogP contribution in [0.1, 0.15) is 27.0 Å². The van der Waals surface area contributed by atoms with E-state index in [9.17, 15) is 59.0 Å². The summed E-state index contributed by atoms with van der Waals surface area (Å²) in [5.74, 6) is -3.55. The van der Waals surface area contributed by atoms with Crippen molar-refractivity contribution in [2.75, 3.05) is 11.5 Å². The van der Waals surface area contributed by atoms with Crippen molar-refractivity contribution < 1.29 is 177 Å². The van der Waals surface area contributed by atoms with E-state index < -0.39 is 90.2 Å². The van der Waals surface area contributed by atoms with E-state index in [1.54, 1.807) is 38.1 Å². The minimum Gasteiger partial charge on any atom is -0.872 e. The molecule has 6 N–H and O–H groups in total. The molecule has 0 radical (unpaired) electrons. The predicted octanol–water partition coefficient (Wildman–Crippen LogP) is -2.66. The van der Waals surface area contributed by atoms with Crippen molar-refractivity contribution in [3.05, 3.63) is 138 Å². The number of nitrogens with two attached hydrogens (primary N) is 2. The zero-order chi connectivity index (χ0) is 53.6. The molecule has 0 heterocycles. The summed E-state index contributed by atoms with van der Waals surface area (Å²) in [7, 11) is -15.4. The molecule has 0 unspecified atom stereocenters. The molecule has 0 fully saturated rings. The summed E-state index contributed by atoms with van der Waals surface area (Å²) in [6.45, 7) is 5.19. The van der Waals surface area contributed by atoms with Gasteiger partial charge in [0.05, 0.1) is 50.7 Å². The van der Waals surface area contributed by atoms with Gasteiger partial charge in [0.25, 0.3) is 20.2 Å². The van der Waals surface area contributed by atoms with Crippen LogP contribution in [0.5, 0.6) is 11.5 Å². The van der Waals surface area contributed by atoms with Crippen molar-refractivity contribution in [2.24, 2.45) is 40.9 Å². The van der Waals surface area contributed by atoms with Crippen LogP contribution in [0, 0.1) is 20.8 Å². The molecule has 8 aromatic carbocycles. The van der Waals surface area contributed by atoms with Crippen molar-refractivity contribution in [2.45, 2.75) is 35.5 Å². The Labute approximate surface area is 533 Å². The molecule has 8 aromatic rings. The van der Waals surface area contributed by atoms with Crippen LogP contribution in [0.3, 0.4) is 0 Å². The molecule has 0 aliphatic carbocycles. The van der Waals surface area contributed by atoms with E-state index in [-0.39, 0.29) is 163 Å². The first-order valence-electron chi connectivity index (χ1n) is 21.1. The Kier molecular flexibility index (Phi) is 22.0. The van der Waals surface area contributed by atoms with E-state index in [1.807, 2.05) is 19.1 Å². The molecule has 78 heavy (non-hydrogen) atoms. The Hall–Kier alpha value is -4.92. The van der Waals surface area contributed by atoms with Gasteiger partial charge in [-0.05, 0) is 138 Å². The van der Waals surface area contributed by atoms with Crippen LogP contribution in [-0.4, -0.2) is 44.9 Å². The minimum atomic E-state index is -5.29. The second-order valence-corrected chi connectivity index (χ2v) is 20.4.